The number of rotatable bonds is 6. The summed E-state index contributed by atoms with van der Waals surface area (Å²) in [6, 6.07) is 6.66. The highest BCUT2D eigenvalue weighted by atomic mass is 16.5. The molecule has 232 valence electrons. The van der Waals surface area contributed by atoms with E-state index in [1.54, 1.807) is 13.8 Å². The van der Waals surface area contributed by atoms with Crippen molar-refractivity contribution in [3.05, 3.63) is 77.5 Å². The lowest BCUT2D eigenvalue weighted by Gasteiger charge is -2.27. The highest BCUT2D eigenvalue weighted by molar-refractivity contribution is 5.97. The average molecular weight is 606 g/mol. The molecule has 2 aromatic heterocycles. The number of hydrogen-bond donors (Lipinski definition) is 4. The van der Waals surface area contributed by atoms with Gasteiger partial charge in [-0.2, -0.15) is 0 Å². The van der Waals surface area contributed by atoms with Crippen LogP contribution in [0.2, 0.25) is 0 Å². The minimum atomic E-state index is -1.03. The number of carbonyl (C=O) groups excluding carboxylic acids is 5. The summed E-state index contributed by atoms with van der Waals surface area (Å²) in [4.78, 5) is 76.7. The van der Waals surface area contributed by atoms with Gasteiger partial charge in [0.25, 0.3) is 11.8 Å². The van der Waals surface area contributed by atoms with Gasteiger partial charge in [0.05, 0.1) is 19.5 Å². The number of aromatic nitrogens is 3. The van der Waals surface area contributed by atoms with Gasteiger partial charge in [0, 0.05) is 13.0 Å². The molecule has 3 heterocycles. The number of fused-ring (bicyclic) bond motifs is 2. The van der Waals surface area contributed by atoms with Crippen molar-refractivity contribution >= 4 is 29.6 Å². The predicted octanol–water partition coefficient (Wildman–Crippen LogP) is 1.50. The zero-order chi connectivity index (χ0) is 31.6. The Morgan fingerprint density at radius 1 is 1.02 bits per heavy atom. The van der Waals surface area contributed by atoms with Crippen LogP contribution >= 0.6 is 0 Å². The first-order valence-corrected chi connectivity index (χ1v) is 14.3. The first-order valence-electron chi connectivity index (χ1n) is 14.3. The summed E-state index contributed by atoms with van der Waals surface area (Å²) in [7, 11) is 1.20. The molecule has 2 bridgehead atoms. The van der Waals surface area contributed by atoms with Crippen molar-refractivity contribution in [3.63, 3.8) is 0 Å². The Morgan fingerprint density at radius 2 is 1.75 bits per heavy atom. The largest absolute Gasteiger partial charge is 0.464 e. The lowest BCUT2D eigenvalue weighted by molar-refractivity contribution is -0.131. The Bertz CT molecular complexity index is 1470. The highest BCUT2D eigenvalue weighted by Gasteiger charge is 2.32. The van der Waals surface area contributed by atoms with Crippen LogP contribution in [0.4, 0.5) is 0 Å². The second kappa shape index (κ2) is 14.8. The second-order valence-electron chi connectivity index (χ2n) is 10.6. The fourth-order valence-electron chi connectivity index (χ4n) is 4.57. The van der Waals surface area contributed by atoms with Crippen molar-refractivity contribution in [2.24, 2.45) is 5.92 Å². The molecule has 4 amide bonds. The molecule has 4 N–H and O–H groups in total. The minimum absolute atomic E-state index is 0.0783. The van der Waals surface area contributed by atoms with Crippen molar-refractivity contribution in [1.82, 2.24) is 36.2 Å². The summed E-state index contributed by atoms with van der Waals surface area (Å²) >= 11 is 0. The Labute approximate surface area is 253 Å². The maximum absolute atomic E-state index is 13.6. The van der Waals surface area contributed by atoms with Gasteiger partial charge in [-0.3, -0.25) is 19.2 Å². The molecule has 44 heavy (non-hydrogen) atoms. The van der Waals surface area contributed by atoms with E-state index in [2.05, 4.69) is 41.0 Å². The molecule has 0 aliphatic carbocycles. The van der Waals surface area contributed by atoms with E-state index < -0.39 is 47.7 Å². The molecule has 0 unspecified atom stereocenters. The van der Waals surface area contributed by atoms with Crippen molar-refractivity contribution in [3.8, 4) is 0 Å². The van der Waals surface area contributed by atoms with Crippen molar-refractivity contribution < 1.29 is 33.1 Å². The molecular weight excluding hydrogens is 570 g/mol. The molecule has 3 aromatic rings. The third-order valence-corrected chi connectivity index (χ3v) is 7.00. The number of methoxy groups -OCH3 is 1. The maximum Gasteiger partial charge on any atom is 0.358 e. The Morgan fingerprint density at radius 3 is 2.43 bits per heavy atom. The number of ether oxygens (including phenoxy) is 1. The molecular formula is C30H35N7O7. The van der Waals surface area contributed by atoms with Crippen LogP contribution in [0.3, 0.4) is 0 Å². The number of nitrogens with zero attached hydrogens (tertiary/aromatic N) is 3. The number of carbonyl (C=O) groups is 5. The van der Waals surface area contributed by atoms with Crippen LogP contribution in [0.15, 0.2) is 53.4 Å². The number of benzene rings is 1. The van der Waals surface area contributed by atoms with Crippen molar-refractivity contribution in [2.75, 3.05) is 13.7 Å². The van der Waals surface area contributed by atoms with Crippen molar-refractivity contribution in [2.45, 2.75) is 57.7 Å². The summed E-state index contributed by atoms with van der Waals surface area (Å²) < 4.78 is 10.2. The normalized spacial score (nSPS) is 19.8. The Kier molecular flexibility index (Phi) is 10.7. The van der Waals surface area contributed by atoms with E-state index in [4.69, 9.17) is 4.42 Å². The molecule has 0 radical (unpaired) electrons. The topological polar surface area (TPSA) is 195 Å². The zero-order valence-corrected chi connectivity index (χ0v) is 24.7. The fourth-order valence-corrected chi connectivity index (χ4v) is 4.57. The first kappa shape index (κ1) is 31.8. The van der Waals surface area contributed by atoms with Crippen LogP contribution < -0.4 is 21.3 Å². The highest BCUT2D eigenvalue weighted by Crippen LogP contribution is 2.20. The second-order valence-corrected chi connectivity index (χ2v) is 10.6. The quantitative estimate of drug-likeness (QED) is 0.299. The summed E-state index contributed by atoms with van der Waals surface area (Å²) in [5, 5.41) is 11.2. The predicted molar refractivity (Wildman–Crippen MR) is 155 cm³/mol. The van der Waals surface area contributed by atoms with Crippen LogP contribution in [-0.2, 0) is 20.7 Å². The monoisotopic (exact) mass is 605 g/mol. The number of esters is 1. The number of amides is 4. The van der Waals surface area contributed by atoms with Gasteiger partial charge in [-0.05, 0) is 30.7 Å². The molecule has 1 aliphatic heterocycles. The van der Waals surface area contributed by atoms with E-state index in [0.29, 0.717) is 25.8 Å². The molecule has 0 saturated carbocycles. The van der Waals surface area contributed by atoms with Crippen LogP contribution in [-0.4, -0.2) is 70.3 Å². The minimum Gasteiger partial charge on any atom is -0.464 e. The molecule has 0 fully saturated rings. The van der Waals surface area contributed by atoms with Crippen LogP contribution in [0.25, 0.3) is 0 Å². The SMILES string of the molecule is COC(=O)c1cnc(C(=O)N[C@H]2CCCCNC(=O)c3coc(n3)[C@@H](Cc3ccccc3)NC(=O)[C@H](C(C)C)NC2=O)cn1. The van der Waals surface area contributed by atoms with E-state index in [0.717, 1.165) is 18.0 Å². The molecule has 0 spiro atoms. The first-order chi connectivity index (χ1) is 21.2. The number of nitrogens with one attached hydrogen (secondary N) is 4. The number of hydrogen-bond acceptors (Lipinski definition) is 10. The van der Waals surface area contributed by atoms with E-state index >= 15 is 0 Å². The van der Waals surface area contributed by atoms with E-state index in [1.807, 2.05) is 30.3 Å². The third-order valence-electron chi connectivity index (χ3n) is 7.00. The van der Waals surface area contributed by atoms with Gasteiger partial charge in [-0.25, -0.2) is 19.7 Å². The Hall–Kier alpha value is -5.14. The summed E-state index contributed by atoms with van der Waals surface area (Å²) in [6.45, 7) is 3.87. The third kappa shape index (κ3) is 8.24. The Balaban J connectivity index is 1.57. The number of oxazole rings is 1. The molecule has 4 rings (SSSR count). The molecule has 0 saturated heterocycles. The van der Waals surface area contributed by atoms with Crippen LogP contribution in [0.1, 0.15) is 82.1 Å². The average Bonchev–Trinajstić information content (AvgIpc) is 3.52. The van der Waals surface area contributed by atoms with E-state index in [-0.39, 0.29) is 35.3 Å². The van der Waals surface area contributed by atoms with Gasteiger partial charge >= 0.3 is 5.97 Å². The standard InChI is InChI=1S/C30H35N7O7/c1-17(2)24-28(41)35-20(13-18-9-5-4-6-10-18)29-36-23(16-44-29)25(38)31-12-8-7-11-19(26(39)37-24)34-27(40)21-14-33-22(15-32-21)30(42)43-3/h4-6,9-10,14-17,19-20,24H,7-8,11-13H2,1-3H3,(H,31,38)(H,34,40)(H,35,41)(H,37,39)/t19-,20+,24-/m0/s1. The van der Waals surface area contributed by atoms with Crippen molar-refractivity contribution in [1.29, 1.82) is 0 Å². The van der Waals surface area contributed by atoms with Gasteiger partial charge in [0.2, 0.25) is 17.7 Å². The molecule has 1 aliphatic rings. The van der Waals surface area contributed by atoms with Gasteiger partial charge in [0.15, 0.2) is 11.4 Å². The zero-order valence-electron chi connectivity index (χ0n) is 24.7. The molecule has 3 atom stereocenters. The van der Waals surface area contributed by atoms with Gasteiger partial charge in [-0.1, -0.05) is 44.2 Å². The molecule has 14 heteroatoms. The molecule has 14 nitrogen and oxygen atoms in total. The van der Waals surface area contributed by atoms with Crippen LogP contribution in [0, 0.1) is 5.92 Å². The summed E-state index contributed by atoms with van der Waals surface area (Å²) in [5.74, 6) is -3.06. The van der Waals surface area contributed by atoms with Gasteiger partial charge < -0.3 is 30.4 Å². The smallest absolute Gasteiger partial charge is 0.358 e. The summed E-state index contributed by atoms with van der Waals surface area (Å²) in [5.41, 5.74) is 0.784. The lowest BCUT2D eigenvalue weighted by atomic mass is 10.00. The van der Waals surface area contributed by atoms with Gasteiger partial charge in [-0.15, -0.1) is 0 Å². The lowest BCUT2D eigenvalue weighted by Crippen LogP contribution is -2.56. The van der Waals surface area contributed by atoms with Crippen LogP contribution in [0.5, 0.6) is 0 Å². The summed E-state index contributed by atoms with van der Waals surface area (Å²) in [6.07, 6.45) is 4.93. The van der Waals surface area contributed by atoms with E-state index in [1.165, 1.54) is 13.4 Å². The van der Waals surface area contributed by atoms with E-state index in [9.17, 15) is 24.0 Å². The fraction of sp³-hybridized carbons (Fsp3) is 0.400. The molecule has 1 aromatic carbocycles. The maximum atomic E-state index is 13.6. The van der Waals surface area contributed by atoms with Gasteiger partial charge in [0.1, 0.15) is 30.1 Å².